The quantitative estimate of drug-likeness (QED) is 0.147. The Kier molecular flexibility index (Phi) is 9.60. The molecule has 0 radical (unpaired) electrons. The number of rotatable bonds is 11. The Labute approximate surface area is 245 Å². The van der Waals surface area contributed by atoms with Gasteiger partial charge in [-0.15, -0.1) is 0 Å². The van der Waals surface area contributed by atoms with Gasteiger partial charge in [-0.05, 0) is 82.2 Å². The van der Waals surface area contributed by atoms with Gasteiger partial charge in [-0.2, -0.15) is 0 Å². The first kappa shape index (κ1) is 28.3. The highest BCUT2D eigenvalue weighted by atomic mass is 19.1. The fourth-order valence-corrected chi connectivity index (χ4v) is 5.36. The predicted octanol–water partition coefficient (Wildman–Crippen LogP) is 10.7. The van der Waals surface area contributed by atoms with Crippen LogP contribution in [0.25, 0.3) is 23.3 Å². The Hall–Kier alpha value is -4.23. The lowest BCUT2D eigenvalue weighted by molar-refractivity contribution is 0.625. The summed E-state index contributed by atoms with van der Waals surface area (Å²) in [5.41, 5.74) is 10.3. The second-order valence-electron chi connectivity index (χ2n) is 11.1. The molecule has 1 atom stereocenters. The molecular formula is C40H39F. The van der Waals surface area contributed by atoms with E-state index in [2.05, 4.69) is 117 Å². The first-order chi connectivity index (χ1) is 20.1. The predicted molar refractivity (Wildman–Crippen MR) is 174 cm³/mol. The van der Waals surface area contributed by atoms with Crippen molar-refractivity contribution in [2.45, 2.75) is 51.9 Å². The largest absolute Gasteiger partial charge is 0.206 e. The van der Waals surface area contributed by atoms with Crippen LogP contribution in [-0.4, -0.2) is 0 Å². The molecule has 0 saturated heterocycles. The lowest BCUT2D eigenvalue weighted by atomic mass is 9.93. The Morgan fingerprint density at radius 1 is 0.585 bits per heavy atom. The van der Waals surface area contributed by atoms with Crippen LogP contribution in [0.15, 0.2) is 121 Å². The molecule has 0 nitrogen and oxygen atoms in total. The molecule has 0 aliphatic heterocycles. The molecule has 206 valence electrons. The van der Waals surface area contributed by atoms with Crippen LogP contribution in [0, 0.1) is 5.82 Å². The van der Waals surface area contributed by atoms with E-state index in [4.69, 9.17) is 0 Å². The van der Waals surface area contributed by atoms with E-state index in [1.54, 1.807) is 6.07 Å². The van der Waals surface area contributed by atoms with Crippen LogP contribution in [0.2, 0.25) is 0 Å². The zero-order chi connectivity index (χ0) is 28.4. The SMILES string of the molecule is CCCc1ccc(CCc2ccc(/C=C/c3ccc(-c4ccc(CC(C)c5ccccc5)cc4)cc3F)cc2)cc1. The second-order valence-corrected chi connectivity index (χ2v) is 11.1. The van der Waals surface area contributed by atoms with Gasteiger partial charge in [0.2, 0.25) is 0 Å². The first-order valence-corrected chi connectivity index (χ1v) is 14.9. The molecule has 0 saturated carbocycles. The van der Waals surface area contributed by atoms with E-state index in [1.807, 2.05) is 24.3 Å². The monoisotopic (exact) mass is 538 g/mol. The molecule has 0 aliphatic carbocycles. The van der Waals surface area contributed by atoms with Gasteiger partial charge in [-0.1, -0.05) is 148 Å². The van der Waals surface area contributed by atoms with E-state index in [-0.39, 0.29) is 5.82 Å². The maximum Gasteiger partial charge on any atom is 0.131 e. The molecule has 5 aromatic rings. The van der Waals surface area contributed by atoms with Gasteiger partial charge in [0.15, 0.2) is 0 Å². The minimum Gasteiger partial charge on any atom is -0.206 e. The summed E-state index contributed by atoms with van der Waals surface area (Å²) in [5.74, 6) is 0.247. The van der Waals surface area contributed by atoms with E-state index < -0.39 is 0 Å². The summed E-state index contributed by atoms with van der Waals surface area (Å²) < 4.78 is 15.0. The average molecular weight is 539 g/mol. The van der Waals surface area contributed by atoms with Gasteiger partial charge < -0.3 is 0 Å². The molecule has 0 amide bonds. The van der Waals surface area contributed by atoms with Crippen molar-refractivity contribution >= 4 is 12.2 Å². The molecule has 41 heavy (non-hydrogen) atoms. The third-order valence-corrected chi connectivity index (χ3v) is 7.90. The fourth-order valence-electron chi connectivity index (χ4n) is 5.36. The van der Waals surface area contributed by atoms with Crippen LogP contribution in [-0.2, 0) is 25.7 Å². The van der Waals surface area contributed by atoms with Crippen LogP contribution in [0.5, 0.6) is 0 Å². The Morgan fingerprint density at radius 2 is 1.15 bits per heavy atom. The van der Waals surface area contributed by atoms with Crippen molar-refractivity contribution in [3.63, 3.8) is 0 Å². The molecule has 0 fully saturated rings. The Bertz CT molecular complexity index is 1540. The Morgan fingerprint density at radius 3 is 1.76 bits per heavy atom. The lowest BCUT2D eigenvalue weighted by Gasteiger charge is -2.12. The molecule has 0 N–H and O–H groups in total. The van der Waals surface area contributed by atoms with E-state index in [1.165, 1.54) is 34.2 Å². The molecule has 5 rings (SSSR count). The molecule has 5 aromatic carbocycles. The molecule has 1 heteroatoms. The van der Waals surface area contributed by atoms with E-state index in [0.717, 1.165) is 42.4 Å². The molecule has 1 unspecified atom stereocenters. The standard InChI is InChI=1S/C40H39F/c1-3-7-31-10-12-32(13-11-31)14-15-33-16-18-34(19-17-33)20-25-38-26-27-39(29-40(38)41)37-23-21-35(22-24-37)28-30(2)36-8-5-4-6-9-36/h4-6,8-13,16-27,29-30H,3,7,14-15,28H2,1-2H3/b25-20+. The maximum absolute atomic E-state index is 15.0. The third kappa shape index (κ3) is 7.92. The highest BCUT2D eigenvalue weighted by molar-refractivity contribution is 5.72. The van der Waals surface area contributed by atoms with Crippen LogP contribution >= 0.6 is 0 Å². The van der Waals surface area contributed by atoms with Gasteiger partial charge >= 0.3 is 0 Å². The van der Waals surface area contributed by atoms with Crippen molar-refractivity contribution in [3.05, 3.63) is 166 Å². The van der Waals surface area contributed by atoms with Crippen LogP contribution in [0.3, 0.4) is 0 Å². The summed E-state index contributed by atoms with van der Waals surface area (Å²) in [6, 6.07) is 42.2. The third-order valence-electron chi connectivity index (χ3n) is 7.90. The zero-order valence-electron chi connectivity index (χ0n) is 24.2. The van der Waals surface area contributed by atoms with E-state index >= 15 is 4.39 Å². The van der Waals surface area contributed by atoms with Gasteiger partial charge in [0, 0.05) is 5.56 Å². The smallest absolute Gasteiger partial charge is 0.131 e. The van der Waals surface area contributed by atoms with Crippen molar-refractivity contribution in [3.8, 4) is 11.1 Å². The molecule has 0 aromatic heterocycles. The summed E-state index contributed by atoms with van der Waals surface area (Å²) in [5, 5.41) is 0. The van der Waals surface area contributed by atoms with Crippen LogP contribution in [0.4, 0.5) is 4.39 Å². The molecular weight excluding hydrogens is 499 g/mol. The molecule has 0 spiro atoms. The van der Waals surface area contributed by atoms with Gasteiger partial charge in [0.1, 0.15) is 5.82 Å². The van der Waals surface area contributed by atoms with Crippen LogP contribution in [0.1, 0.15) is 65.1 Å². The molecule has 0 heterocycles. The van der Waals surface area contributed by atoms with Gasteiger partial charge in [0.05, 0.1) is 0 Å². The second kappa shape index (κ2) is 13.9. The fraction of sp³-hybridized carbons (Fsp3) is 0.200. The van der Waals surface area contributed by atoms with E-state index in [9.17, 15) is 0 Å². The normalized spacial score (nSPS) is 12.1. The van der Waals surface area contributed by atoms with Crippen molar-refractivity contribution in [1.29, 1.82) is 0 Å². The summed E-state index contributed by atoms with van der Waals surface area (Å²) in [6.07, 6.45) is 9.21. The Balaban J connectivity index is 1.16. The summed E-state index contributed by atoms with van der Waals surface area (Å²) in [4.78, 5) is 0. The molecule has 0 aliphatic rings. The van der Waals surface area contributed by atoms with Gasteiger partial charge in [-0.25, -0.2) is 4.39 Å². The van der Waals surface area contributed by atoms with Crippen LogP contribution < -0.4 is 0 Å². The lowest BCUT2D eigenvalue weighted by Crippen LogP contribution is -1.98. The van der Waals surface area contributed by atoms with Crippen molar-refractivity contribution in [2.24, 2.45) is 0 Å². The highest BCUT2D eigenvalue weighted by Gasteiger charge is 2.08. The molecule has 0 bridgehead atoms. The number of hydrogen-bond donors (Lipinski definition) is 0. The number of aryl methyl sites for hydroxylation is 3. The van der Waals surface area contributed by atoms with Crippen molar-refractivity contribution in [2.75, 3.05) is 0 Å². The summed E-state index contributed by atoms with van der Waals surface area (Å²) in [7, 11) is 0. The highest BCUT2D eigenvalue weighted by Crippen LogP contribution is 2.26. The first-order valence-electron chi connectivity index (χ1n) is 14.9. The number of halogens is 1. The average Bonchev–Trinajstić information content (AvgIpc) is 3.01. The topological polar surface area (TPSA) is 0 Å². The maximum atomic E-state index is 15.0. The van der Waals surface area contributed by atoms with E-state index in [0.29, 0.717) is 11.5 Å². The number of benzene rings is 5. The van der Waals surface area contributed by atoms with Crippen molar-refractivity contribution in [1.82, 2.24) is 0 Å². The minimum atomic E-state index is -0.206. The summed E-state index contributed by atoms with van der Waals surface area (Å²) in [6.45, 7) is 4.47. The van der Waals surface area contributed by atoms with Crippen molar-refractivity contribution < 1.29 is 4.39 Å². The number of hydrogen-bond acceptors (Lipinski definition) is 0. The summed E-state index contributed by atoms with van der Waals surface area (Å²) >= 11 is 0. The zero-order valence-corrected chi connectivity index (χ0v) is 24.2. The van der Waals surface area contributed by atoms with Gasteiger partial charge in [-0.3, -0.25) is 0 Å². The minimum absolute atomic E-state index is 0.206. The van der Waals surface area contributed by atoms with Gasteiger partial charge in [0.25, 0.3) is 0 Å².